The van der Waals surface area contributed by atoms with Crippen LogP contribution < -0.4 is 5.43 Å². The molecule has 0 radical (unpaired) electrons. The van der Waals surface area contributed by atoms with Gasteiger partial charge in [-0.15, -0.1) is 0 Å². The van der Waals surface area contributed by atoms with E-state index in [0.29, 0.717) is 36.0 Å². The van der Waals surface area contributed by atoms with Crippen molar-refractivity contribution >= 4 is 27.5 Å². The van der Waals surface area contributed by atoms with E-state index >= 15 is 0 Å². The van der Waals surface area contributed by atoms with Crippen LogP contribution in [0.3, 0.4) is 0 Å². The van der Waals surface area contributed by atoms with Gasteiger partial charge in [0.05, 0.1) is 4.90 Å². The molecule has 2 saturated heterocycles. The molecular weight excluding hydrogens is 458 g/mol. The topological polar surface area (TPSA) is 69.7 Å². The van der Waals surface area contributed by atoms with E-state index in [1.807, 2.05) is 11.1 Å². The monoisotopic (exact) mass is 489 g/mol. The Labute approximate surface area is 201 Å². The van der Waals surface area contributed by atoms with Crippen LogP contribution in [0.5, 0.6) is 0 Å². The highest BCUT2D eigenvalue weighted by Crippen LogP contribution is 2.30. The standard InChI is InChI=1S/C25H32ClN3O3S/c1-19-23(26)10-5-11-24(19)33(31,32)29-14-6-7-20(18-29)17-25(30)27-28-15-12-22(13-16-28)21-8-3-2-4-9-21/h2-5,8-11,20,22H,6-7,12-18H2,1H3,(H,27,30). The Morgan fingerprint density at radius 1 is 1.03 bits per heavy atom. The van der Waals surface area contributed by atoms with Crippen molar-refractivity contribution in [3.8, 4) is 0 Å². The first-order valence-electron chi connectivity index (χ1n) is 11.7. The Morgan fingerprint density at radius 3 is 2.48 bits per heavy atom. The highest BCUT2D eigenvalue weighted by molar-refractivity contribution is 7.89. The molecule has 2 aromatic rings. The number of halogens is 1. The molecule has 0 saturated carbocycles. The number of amides is 1. The summed E-state index contributed by atoms with van der Waals surface area (Å²) in [6, 6.07) is 15.5. The summed E-state index contributed by atoms with van der Waals surface area (Å²) in [5.74, 6) is 0.512. The van der Waals surface area contributed by atoms with Crippen molar-refractivity contribution in [3.63, 3.8) is 0 Å². The second-order valence-corrected chi connectivity index (χ2v) is 11.5. The lowest BCUT2D eigenvalue weighted by molar-refractivity contribution is -0.127. The predicted octanol–water partition coefficient (Wildman–Crippen LogP) is 4.35. The van der Waals surface area contributed by atoms with Crippen LogP contribution in [0.2, 0.25) is 5.02 Å². The number of rotatable bonds is 6. The van der Waals surface area contributed by atoms with Crippen molar-refractivity contribution in [2.45, 2.75) is 49.8 Å². The van der Waals surface area contributed by atoms with Gasteiger partial charge in [-0.2, -0.15) is 4.31 Å². The summed E-state index contributed by atoms with van der Waals surface area (Å²) < 4.78 is 27.9. The molecular formula is C25H32ClN3O3S. The molecule has 178 valence electrons. The van der Waals surface area contributed by atoms with Crippen LogP contribution in [-0.4, -0.2) is 49.8 Å². The van der Waals surface area contributed by atoms with Crippen LogP contribution in [0, 0.1) is 12.8 Å². The molecule has 0 bridgehead atoms. The van der Waals surface area contributed by atoms with Crippen molar-refractivity contribution in [1.29, 1.82) is 0 Å². The van der Waals surface area contributed by atoms with Gasteiger partial charge < -0.3 is 0 Å². The third kappa shape index (κ3) is 5.77. The molecule has 2 aliphatic rings. The van der Waals surface area contributed by atoms with E-state index in [2.05, 4.69) is 29.7 Å². The van der Waals surface area contributed by atoms with Gasteiger partial charge in [-0.3, -0.25) is 10.2 Å². The number of sulfonamides is 1. The Morgan fingerprint density at radius 2 is 1.76 bits per heavy atom. The van der Waals surface area contributed by atoms with Crippen LogP contribution in [0.15, 0.2) is 53.4 Å². The van der Waals surface area contributed by atoms with Crippen molar-refractivity contribution in [3.05, 3.63) is 64.7 Å². The Bertz CT molecular complexity index is 1070. The van der Waals surface area contributed by atoms with E-state index in [4.69, 9.17) is 11.6 Å². The van der Waals surface area contributed by atoms with Crippen molar-refractivity contribution in [1.82, 2.24) is 14.7 Å². The smallest absolute Gasteiger partial charge is 0.243 e. The van der Waals surface area contributed by atoms with E-state index in [1.165, 1.54) is 9.87 Å². The molecule has 1 atom stereocenters. The molecule has 2 fully saturated rings. The van der Waals surface area contributed by atoms with Crippen LogP contribution in [0.1, 0.15) is 49.1 Å². The van der Waals surface area contributed by atoms with Crippen molar-refractivity contribution in [2.24, 2.45) is 5.92 Å². The van der Waals surface area contributed by atoms with E-state index in [0.717, 1.165) is 38.8 Å². The van der Waals surface area contributed by atoms with Gasteiger partial charge in [-0.25, -0.2) is 13.4 Å². The third-order valence-electron chi connectivity index (χ3n) is 6.84. The molecule has 0 aliphatic carbocycles. The first-order valence-corrected chi connectivity index (χ1v) is 13.5. The molecule has 1 unspecified atom stereocenters. The van der Waals surface area contributed by atoms with Gasteiger partial charge in [-0.1, -0.05) is 48.0 Å². The first-order chi connectivity index (χ1) is 15.8. The molecule has 1 amide bonds. The largest absolute Gasteiger partial charge is 0.289 e. The minimum Gasteiger partial charge on any atom is -0.289 e. The highest BCUT2D eigenvalue weighted by Gasteiger charge is 2.32. The second-order valence-electron chi connectivity index (χ2n) is 9.15. The number of hydrogen-bond donors (Lipinski definition) is 1. The quantitative estimate of drug-likeness (QED) is 0.655. The molecule has 1 N–H and O–H groups in total. The molecule has 2 heterocycles. The average molecular weight is 490 g/mol. The van der Waals surface area contributed by atoms with Gasteiger partial charge in [0.15, 0.2) is 0 Å². The summed E-state index contributed by atoms with van der Waals surface area (Å²) in [5, 5.41) is 2.45. The first kappa shape index (κ1) is 24.2. The maximum absolute atomic E-state index is 13.2. The minimum absolute atomic E-state index is 0.00914. The maximum Gasteiger partial charge on any atom is 0.243 e. The number of benzene rings is 2. The fourth-order valence-corrected chi connectivity index (χ4v) is 6.98. The van der Waals surface area contributed by atoms with E-state index in [9.17, 15) is 13.2 Å². The van der Waals surface area contributed by atoms with Crippen LogP contribution in [0.4, 0.5) is 0 Å². The van der Waals surface area contributed by atoms with Gasteiger partial charge in [0.1, 0.15) is 0 Å². The van der Waals surface area contributed by atoms with Crippen molar-refractivity contribution < 1.29 is 13.2 Å². The molecule has 2 aliphatic heterocycles. The summed E-state index contributed by atoms with van der Waals surface area (Å²) in [7, 11) is -3.64. The zero-order valence-corrected chi connectivity index (χ0v) is 20.6. The highest BCUT2D eigenvalue weighted by atomic mass is 35.5. The number of nitrogens with one attached hydrogen (secondary N) is 1. The van der Waals surface area contributed by atoms with Crippen LogP contribution in [-0.2, 0) is 14.8 Å². The van der Waals surface area contributed by atoms with Crippen LogP contribution >= 0.6 is 11.6 Å². The zero-order valence-electron chi connectivity index (χ0n) is 19.0. The second kappa shape index (κ2) is 10.6. The Kier molecular flexibility index (Phi) is 7.74. The van der Waals surface area contributed by atoms with Crippen molar-refractivity contribution in [2.75, 3.05) is 26.2 Å². The van der Waals surface area contributed by atoms with Gasteiger partial charge in [0, 0.05) is 37.6 Å². The van der Waals surface area contributed by atoms with Gasteiger partial charge in [0.2, 0.25) is 15.9 Å². The number of hydrogen-bond acceptors (Lipinski definition) is 4. The minimum atomic E-state index is -3.64. The summed E-state index contributed by atoms with van der Waals surface area (Å²) in [6.07, 6.45) is 3.96. The normalized spacial score (nSPS) is 21.1. The molecule has 8 heteroatoms. The molecule has 4 rings (SSSR count). The Balaban J connectivity index is 1.30. The predicted molar refractivity (Wildman–Crippen MR) is 130 cm³/mol. The summed E-state index contributed by atoms with van der Waals surface area (Å²) in [5.41, 5.74) is 4.98. The van der Waals surface area contributed by atoms with Gasteiger partial charge >= 0.3 is 0 Å². The maximum atomic E-state index is 13.2. The number of carbonyl (C=O) groups excluding carboxylic acids is 1. The van der Waals surface area contributed by atoms with E-state index < -0.39 is 10.0 Å². The lowest BCUT2D eigenvalue weighted by Gasteiger charge is -2.34. The van der Waals surface area contributed by atoms with Gasteiger partial charge in [-0.05, 0) is 67.7 Å². The summed E-state index contributed by atoms with van der Waals surface area (Å²) in [4.78, 5) is 13.0. The number of nitrogens with zero attached hydrogens (tertiary/aromatic N) is 2. The molecule has 6 nitrogen and oxygen atoms in total. The summed E-state index contributed by atoms with van der Waals surface area (Å²) >= 11 is 6.15. The SMILES string of the molecule is Cc1c(Cl)cccc1S(=O)(=O)N1CCCC(CC(=O)NN2CCC(c3ccccc3)CC2)C1. The average Bonchev–Trinajstić information content (AvgIpc) is 2.82. The fourth-order valence-electron chi connectivity index (χ4n) is 4.95. The van der Waals surface area contributed by atoms with E-state index in [-0.39, 0.29) is 16.7 Å². The Hall–Kier alpha value is -1.93. The zero-order chi connectivity index (χ0) is 23.4. The lowest BCUT2D eigenvalue weighted by Crippen LogP contribution is -2.48. The fraction of sp³-hybridized carbons (Fsp3) is 0.480. The van der Waals surface area contributed by atoms with Crippen LogP contribution in [0.25, 0.3) is 0 Å². The number of piperidine rings is 2. The molecule has 0 spiro atoms. The van der Waals surface area contributed by atoms with Gasteiger partial charge in [0.25, 0.3) is 0 Å². The van der Waals surface area contributed by atoms with E-state index in [1.54, 1.807) is 25.1 Å². The number of hydrazine groups is 1. The summed E-state index contributed by atoms with van der Waals surface area (Å²) in [6.45, 7) is 4.21. The lowest BCUT2D eigenvalue weighted by atomic mass is 9.90. The third-order valence-corrected chi connectivity index (χ3v) is 9.26. The molecule has 33 heavy (non-hydrogen) atoms. The number of carbonyl (C=O) groups is 1. The molecule has 0 aromatic heterocycles. The molecule has 2 aromatic carbocycles.